The van der Waals surface area contributed by atoms with Crippen LogP contribution in [-0.4, -0.2) is 44.0 Å². The van der Waals surface area contributed by atoms with Crippen LogP contribution in [-0.2, 0) is 20.9 Å². The molecule has 9 nitrogen and oxygen atoms in total. The van der Waals surface area contributed by atoms with Gasteiger partial charge in [-0.2, -0.15) is 0 Å². The minimum atomic E-state index is -0.794. The Kier molecular flexibility index (Phi) is 9.16. The molecule has 3 aromatic rings. The molecule has 3 N–H and O–H groups in total. The van der Waals surface area contributed by atoms with Crippen LogP contribution in [0.4, 0.5) is 5.69 Å². The van der Waals surface area contributed by atoms with Crippen LogP contribution in [0, 0.1) is 6.92 Å². The van der Waals surface area contributed by atoms with E-state index in [1.165, 1.54) is 7.11 Å². The van der Waals surface area contributed by atoms with Gasteiger partial charge in [0.05, 0.1) is 23.9 Å². The third kappa shape index (κ3) is 7.42. The standard InChI is InChI=1S/C27H27N3O6/c1-18-11-13-19(14-12-18)15-28-26(33)20-7-3-5-9-22(20)30-24(31)17-36-25(32)16-29-27(34)21-8-4-6-10-23(21)35-2/h3-14H,15-17H2,1-2H3,(H,28,33)(H,29,34)(H,30,31). The van der Waals surface area contributed by atoms with E-state index >= 15 is 0 Å². The van der Waals surface area contributed by atoms with Gasteiger partial charge in [0.25, 0.3) is 17.7 Å². The summed E-state index contributed by atoms with van der Waals surface area (Å²) in [6.07, 6.45) is 0. The molecule has 3 aromatic carbocycles. The summed E-state index contributed by atoms with van der Waals surface area (Å²) < 4.78 is 10.1. The van der Waals surface area contributed by atoms with Gasteiger partial charge >= 0.3 is 5.97 Å². The molecule has 0 spiro atoms. The molecule has 0 unspecified atom stereocenters. The molecule has 0 heterocycles. The average Bonchev–Trinajstić information content (AvgIpc) is 2.90. The zero-order valence-corrected chi connectivity index (χ0v) is 20.0. The van der Waals surface area contributed by atoms with Crippen LogP contribution in [0.3, 0.4) is 0 Å². The third-order valence-corrected chi connectivity index (χ3v) is 5.13. The first-order valence-electron chi connectivity index (χ1n) is 11.2. The van der Waals surface area contributed by atoms with Crippen molar-refractivity contribution >= 4 is 29.4 Å². The second kappa shape index (κ2) is 12.7. The molecule has 0 saturated carbocycles. The second-order valence-corrected chi connectivity index (χ2v) is 7.81. The molecule has 0 atom stereocenters. The fourth-order valence-corrected chi connectivity index (χ4v) is 3.24. The van der Waals surface area contributed by atoms with Crippen LogP contribution >= 0.6 is 0 Å². The number of hydrogen-bond acceptors (Lipinski definition) is 6. The highest BCUT2D eigenvalue weighted by atomic mass is 16.5. The Bertz CT molecular complexity index is 1240. The van der Waals surface area contributed by atoms with E-state index in [-0.39, 0.29) is 22.7 Å². The van der Waals surface area contributed by atoms with Crippen LogP contribution in [0.15, 0.2) is 72.8 Å². The van der Waals surface area contributed by atoms with E-state index in [0.717, 1.165) is 11.1 Å². The van der Waals surface area contributed by atoms with Crippen molar-refractivity contribution in [2.24, 2.45) is 0 Å². The topological polar surface area (TPSA) is 123 Å². The van der Waals surface area contributed by atoms with Gasteiger partial charge in [0.15, 0.2) is 6.61 Å². The molecule has 186 valence electrons. The van der Waals surface area contributed by atoms with E-state index in [1.807, 2.05) is 31.2 Å². The summed E-state index contributed by atoms with van der Waals surface area (Å²) in [5, 5.41) is 7.82. The number of nitrogens with one attached hydrogen (secondary N) is 3. The van der Waals surface area contributed by atoms with Gasteiger partial charge in [-0.3, -0.25) is 19.2 Å². The number of ether oxygens (including phenoxy) is 2. The largest absolute Gasteiger partial charge is 0.496 e. The Balaban J connectivity index is 1.48. The lowest BCUT2D eigenvalue weighted by Crippen LogP contribution is -2.32. The van der Waals surface area contributed by atoms with Gasteiger partial charge in [-0.1, -0.05) is 54.1 Å². The van der Waals surface area contributed by atoms with E-state index in [1.54, 1.807) is 48.5 Å². The number of benzene rings is 3. The minimum Gasteiger partial charge on any atom is -0.496 e. The van der Waals surface area contributed by atoms with Crippen LogP contribution in [0.5, 0.6) is 5.75 Å². The fourth-order valence-electron chi connectivity index (χ4n) is 3.24. The van der Waals surface area contributed by atoms with Gasteiger partial charge in [0.1, 0.15) is 12.3 Å². The molecule has 0 aliphatic rings. The smallest absolute Gasteiger partial charge is 0.325 e. The van der Waals surface area contributed by atoms with E-state index in [2.05, 4.69) is 16.0 Å². The average molecular weight is 490 g/mol. The quantitative estimate of drug-likeness (QED) is 0.377. The molecule has 3 rings (SSSR count). The summed E-state index contributed by atoms with van der Waals surface area (Å²) in [7, 11) is 1.44. The Morgan fingerprint density at radius 1 is 0.778 bits per heavy atom. The normalized spacial score (nSPS) is 10.2. The first-order chi connectivity index (χ1) is 17.4. The Morgan fingerprint density at radius 2 is 1.42 bits per heavy atom. The summed E-state index contributed by atoms with van der Waals surface area (Å²) in [6, 6.07) is 20.9. The number of amides is 3. The highest BCUT2D eigenvalue weighted by Crippen LogP contribution is 2.17. The van der Waals surface area contributed by atoms with Crippen molar-refractivity contribution in [2.45, 2.75) is 13.5 Å². The summed E-state index contributed by atoms with van der Waals surface area (Å²) in [5.74, 6) is -1.93. The van der Waals surface area contributed by atoms with Crippen molar-refractivity contribution in [3.8, 4) is 5.75 Å². The van der Waals surface area contributed by atoms with Crippen molar-refractivity contribution in [3.63, 3.8) is 0 Å². The van der Waals surface area contributed by atoms with Gasteiger partial charge in [0, 0.05) is 6.54 Å². The molecule has 36 heavy (non-hydrogen) atoms. The predicted molar refractivity (Wildman–Crippen MR) is 134 cm³/mol. The number of carbonyl (C=O) groups is 4. The zero-order chi connectivity index (χ0) is 25.9. The summed E-state index contributed by atoms with van der Waals surface area (Å²) in [4.78, 5) is 49.2. The van der Waals surface area contributed by atoms with Crippen LogP contribution in [0.2, 0.25) is 0 Å². The van der Waals surface area contributed by atoms with Gasteiger partial charge in [-0.05, 0) is 36.8 Å². The highest BCUT2D eigenvalue weighted by molar-refractivity contribution is 6.04. The Labute approximate surface area is 208 Å². The first kappa shape index (κ1) is 26.0. The molecular weight excluding hydrogens is 462 g/mol. The second-order valence-electron chi connectivity index (χ2n) is 7.81. The molecule has 9 heteroatoms. The lowest BCUT2D eigenvalue weighted by atomic mass is 10.1. The molecule has 0 radical (unpaired) electrons. The minimum absolute atomic E-state index is 0.266. The maximum atomic E-state index is 12.7. The lowest BCUT2D eigenvalue weighted by Gasteiger charge is -2.12. The number of methoxy groups -OCH3 is 1. The predicted octanol–water partition coefficient (Wildman–Crippen LogP) is 2.85. The maximum Gasteiger partial charge on any atom is 0.325 e. The van der Waals surface area contributed by atoms with Crippen LogP contribution < -0.4 is 20.7 Å². The molecule has 0 aliphatic heterocycles. The van der Waals surface area contributed by atoms with E-state index < -0.39 is 30.9 Å². The molecule has 3 amide bonds. The lowest BCUT2D eigenvalue weighted by molar-refractivity contribution is -0.146. The van der Waals surface area contributed by atoms with Crippen molar-refractivity contribution < 1.29 is 28.7 Å². The van der Waals surface area contributed by atoms with Crippen molar-refractivity contribution in [2.75, 3.05) is 25.6 Å². The molecule has 0 saturated heterocycles. The number of carbonyl (C=O) groups excluding carboxylic acids is 4. The van der Waals surface area contributed by atoms with E-state index in [9.17, 15) is 19.2 Å². The van der Waals surface area contributed by atoms with Gasteiger partial charge in [0.2, 0.25) is 0 Å². The van der Waals surface area contributed by atoms with Gasteiger partial charge in [-0.15, -0.1) is 0 Å². The molecule has 0 fully saturated rings. The summed E-state index contributed by atoms with van der Waals surface area (Å²) in [5.41, 5.74) is 2.89. The van der Waals surface area contributed by atoms with E-state index in [4.69, 9.17) is 9.47 Å². The highest BCUT2D eigenvalue weighted by Gasteiger charge is 2.16. The van der Waals surface area contributed by atoms with Crippen LogP contribution in [0.25, 0.3) is 0 Å². The van der Waals surface area contributed by atoms with Crippen LogP contribution in [0.1, 0.15) is 31.8 Å². The van der Waals surface area contributed by atoms with Crippen molar-refractivity contribution in [1.82, 2.24) is 10.6 Å². The van der Waals surface area contributed by atoms with Crippen molar-refractivity contribution in [1.29, 1.82) is 0 Å². The van der Waals surface area contributed by atoms with Crippen molar-refractivity contribution in [3.05, 3.63) is 95.1 Å². The molecule has 0 aromatic heterocycles. The Morgan fingerprint density at radius 3 is 2.14 bits per heavy atom. The van der Waals surface area contributed by atoms with Gasteiger partial charge < -0.3 is 25.4 Å². The molecule has 0 aliphatic carbocycles. The van der Waals surface area contributed by atoms with E-state index in [0.29, 0.717) is 12.3 Å². The molecular formula is C27H27N3O6. The number of esters is 1. The molecule has 0 bridgehead atoms. The zero-order valence-electron chi connectivity index (χ0n) is 20.0. The first-order valence-corrected chi connectivity index (χ1v) is 11.2. The third-order valence-electron chi connectivity index (χ3n) is 5.13. The summed E-state index contributed by atoms with van der Waals surface area (Å²) in [6.45, 7) is 1.31. The number of aryl methyl sites for hydroxylation is 1. The Hall–Kier alpha value is -4.66. The SMILES string of the molecule is COc1ccccc1C(=O)NCC(=O)OCC(=O)Nc1ccccc1C(=O)NCc1ccc(C)cc1. The number of anilines is 1. The maximum absolute atomic E-state index is 12.7. The fraction of sp³-hybridized carbons (Fsp3) is 0.185. The number of hydrogen-bond donors (Lipinski definition) is 3. The van der Waals surface area contributed by atoms with Gasteiger partial charge in [-0.25, -0.2) is 0 Å². The summed E-state index contributed by atoms with van der Waals surface area (Å²) >= 11 is 0. The monoisotopic (exact) mass is 489 g/mol. The number of para-hydroxylation sites is 2. The number of rotatable bonds is 10.